The highest BCUT2D eigenvalue weighted by Crippen LogP contribution is 2.26. The zero-order valence-corrected chi connectivity index (χ0v) is 15.0. The van der Waals surface area contributed by atoms with E-state index in [1.807, 2.05) is 4.90 Å². The van der Waals surface area contributed by atoms with Crippen LogP contribution in [0, 0.1) is 5.92 Å². The predicted molar refractivity (Wildman–Crippen MR) is 86.9 cm³/mol. The SMILES string of the molecule is CCC1CCC(Br)CCC(C)OC(CC)N(C(C)F)C1. The maximum Gasteiger partial charge on any atom is 0.152 e. The fourth-order valence-corrected chi connectivity index (χ4v) is 3.46. The lowest BCUT2D eigenvalue weighted by Gasteiger charge is -2.35. The molecule has 1 fully saturated rings. The minimum absolute atomic E-state index is 0.0917. The lowest BCUT2D eigenvalue weighted by atomic mass is 9.97. The molecular formula is C16H31BrFNO. The van der Waals surface area contributed by atoms with Crippen molar-refractivity contribution >= 4 is 15.9 Å². The third kappa shape index (κ3) is 5.98. The number of rotatable bonds is 3. The highest BCUT2D eigenvalue weighted by atomic mass is 79.9. The van der Waals surface area contributed by atoms with Crippen LogP contribution in [0.25, 0.3) is 0 Å². The molecule has 120 valence electrons. The van der Waals surface area contributed by atoms with Crippen molar-refractivity contribution in [2.24, 2.45) is 5.92 Å². The zero-order chi connectivity index (χ0) is 15.1. The molecular weight excluding hydrogens is 321 g/mol. The molecule has 1 aliphatic heterocycles. The van der Waals surface area contributed by atoms with Gasteiger partial charge in [-0.15, -0.1) is 0 Å². The fraction of sp³-hybridized carbons (Fsp3) is 1.00. The van der Waals surface area contributed by atoms with E-state index in [2.05, 4.69) is 36.7 Å². The number of hydrogen-bond donors (Lipinski definition) is 0. The summed E-state index contributed by atoms with van der Waals surface area (Å²) in [5.41, 5.74) is 0. The first-order valence-corrected chi connectivity index (χ1v) is 9.08. The largest absolute Gasteiger partial charge is 0.360 e. The molecule has 2 nitrogen and oxygen atoms in total. The quantitative estimate of drug-likeness (QED) is 0.517. The smallest absolute Gasteiger partial charge is 0.152 e. The average Bonchev–Trinajstić information content (AvgIpc) is 2.44. The van der Waals surface area contributed by atoms with E-state index in [9.17, 15) is 4.39 Å². The molecule has 20 heavy (non-hydrogen) atoms. The zero-order valence-electron chi connectivity index (χ0n) is 13.4. The van der Waals surface area contributed by atoms with E-state index in [0.717, 1.165) is 32.2 Å². The van der Waals surface area contributed by atoms with Crippen molar-refractivity contribution < 1.29 is 9.13 Å². The van der Waals surface area contributed by atoms with Crippen molar-refractivity contribution in [3.05, 3.63) is 0 Å². The maximum atomic E-state index is 14.0. The Hall–Kier alpha value is 0.330. The Bertz CT molecular complexity index is 265. The summed E-state index contributed by atoms with van der Waals surface area (Å²) >= 11 is 3.78. The van der Waals surface area contributed by atoms with E-state index in [1.54, 1.807) is 6.92 Å². The van der Waals surface area contributed by atoms with Crippen molar-refractivity contribution in [1.29, 1.82) is 0 Å². The first kappa shape index (κ1) is 18.4. The number of hydrogen-bond acceptors (Lipinski definition) is 2. The van der Waals surface area contributed by atoms with E-state index in [0.29, 0.717) is 10.7 Å². The van der Waals surface area contributed by atoms with Crippen LogP contribution in [0.3, 0.4) is 0 Å². The van der Waals surface area contributed by atoms with Gasteiger partial charge in [0.1, 0.15) is 6.23 Å². The van der Waals surface area contributed by atoms with Crippen molar-refractivity contribution in [3.8, 4) is 0 Å². The van der Waals surface area contributed by atoms with Gasteiger partial charge in [0.2, 0.25) is 0 Å². The van der Waals surface area contributed by atoms with Gasteiger partial charge in [0.15, 0.2) is 6.30 Å². The van der Waals surface area contributed by atoms with Gasteiger partial charge in [0, 0.05) is 11.4 Å². The van der Waals surface area contributed by atoms with Gasteiger partial charge in [0.05, 0.1) is 6.10 Å². The minimum Gasteiger partial charge on any atom is -0.360 e. The standard InChI is InChI=1S/C16H31BrFNO/c1-5-14-8-10-15(17)9-7-12(3)20-16(6-2)19(11-14)13(4)18/h12-16H,5-11H2,1-4H3. The molecule has 0 bridgehead atoms. The molecule has 0 aromatic rings. The number of ether oxygens (including phenoxy) is 1. The Kier molecular flexibility index (Phi) is 8.61. The summed E-state index contributed by atoms with van der Waals surface area (Å²) < 4.78 is 20.1. The first-order valence-electron chi connectivity index (χ1n) is 8.17. The molecule has 1 saturated heterocycles. The van der Waals surface area contributed by atoms with E-state index in [-0.39, 0.29) is 12.3 Å². The normalized spacial score (nSPS) is 36.3. The lowest BCUT2D eigenvalue weighted by molar-refractivity contribution is -0.135. The van der Waals surface area contributed by atoms with Gasteiger partial charge in [-0.2, -0.15) is 0 Å². The van der Waals surface area contributed by atoms with Crippen LogP contribution in [0.1, 0.15) is 66.2 Å². The first-order chi connectivity index (χ1) is 9.47. The molecule has 4 heteroatoms. The molecule has 1 aliphatic rings. The van der Waals surface area contributed by atoms with Crippen LogP contribution in [0.2, 0.25) is 0 Å². The fourth-order valence-electron chi connectivity index (χ4n) is 2.94. The molecule has 5 unspecified atom stereocenters. The monoisotopic (exact) mass is 351 g/mol. The lowest BCUT2D eigenvalue weighted by Crippen LogP contribution is -2.45. The molecule has 1 rings (SSSR count). The summed E-state index contributed by atoms with van der Waals surface area (Å²) in [7, 11) is 0. The van der Waals surface area contributed by atoms with Gasteiger partial charge in [0.25, 0.3) is 0 Å². The van der Waals surface area contributed by atoms with E-state index < -0.39 is 6.30 Å². The van der Waals surface area contributed by atoms with Crippen LogP contribution in [-0.4, -0.2) is 34.9 Å². The Morgan fingerprint density at radius 2 is 1.85 bits per heavy atom. The number of halogens is 2. The number of nitrogens with zero attached hydrogens (tertiary/aromatic N) is 1. The second-order valence-electron chi connectivity index (χ2n) is 6.11. The van der Waals surface area contributed by atoms with Gasteiger partial charge >= 0.3 is 0 Å². The minimum atomic E-state index is -0.943. The van der Waals surface area contributed by atoms with E-state index in [1.165, 1.54) is 12.8 Å². The van der Waals surface area contributed by atoms with Gasteiger partial charge in [-0.05, 0) is 51.9 Å². The van der Waals surface area contributed by atoms with Crippen LogP contribution in [0.15, 0.2) is 0 Å². The van der Waals surface area contributed by atoms with E-state index in [4.69, 9.17) is 4.74 Å². The Balaban J connectivity index is 2.83. The summed E-state index contributed by atoms with van der Waals surface area (Å²) in [5, 5.41) is 0. The van der Waals surface area contributed by atoms with Crippen LogP contribution < -0.4 is 0 Å². The number of alkyl halides is 2. The third-order valence-corrected chi connectivity index (χ3v) is 5.30. The molecule has 0 spiro atoms. The summed E-state index contributed by atoms with van der Waals surface area (Å²) in [6.07, 6.45) is 5.63. The van der Waals surface area contributed by atoms with Crippen molar-refractivity contribution in [2.75, 3.05) is 6.54 Å². The van der Waals surface area contributed by atoms with Gasteiger partial charge in [-0.1, -0.05) is 36.2 Å². The summed E-state index contributed by atoms with van der Waals surface area (Å²) in [6, 6.07) is 0. The average molecular weight is 352 g/mol. The van der Waals surface area contributed by atoms with Crippen LogP contribution >= 0.6 is 15.9 Å². The van der Waals surface area contributed by atoms with Crippen LogP contribution in [0.4, 0.5) is 4.39 Å². The maximum absolute atomic E-state index is 14.0. The molecule has 1 heterocycles. The summed E-state index contributed by atoms with van der Waals surface area (Å²) in [4.78, 5) is 2.48. The molecule has 0 saturated carbocycles. The van der Waals surface area contributed by atoms with E-state index >= 15 is 0 Å². The molecule has 0 amide bonds. The highest BCUT2D eigenvalue weighted by Gasteiger charge is 2.28. The predicted octanol–water partition coefficient (Wildman–Crippen LogP) is 5.11. The second-order valence-corrected chi connectivity index (χ2v) is 7.40. The van der Waals surface area contributed by atoms with Crippen LogP contribution in [-0.2, 0) is 4.74 Å². The Labute approximate surface area is 132 Å². The van der Waals surface area contributed by atoms with Gasteiger partial charge in [-0.25, -0.2) is 9.29 Å². The Morgan fingerprint density at radius 3 is 2.40 bits per heavy atom. The second kappa shape index (κ2) is 9.37. The van der Waals surface area contributed by atoms with Gasteiger partial charge in [-0.3, -0.25) is 0 Å². The molecule has 0 aromatic heterocycles. The molecule has 0 aliphatic carbocycles. The van der Waals surface area contributed by atoms with Crippen molar-refractivity contribution in [1.82, 2.24) is 4.90 Å². The third-order valence-electron chi connectivity index (χ3n) is 4.39. The Morgan fingerprint density at radius 1 is 1.20 bits per heavy atom. The highest BCUT2D eigenvalue weighted by molar-refractivity contribution is 9.09. The van der Waals surface area contributed by atoms with Crippen LogP contribution in [0.5, 0.6) is 0 Å². The molecule has 0 N–H and O–H groups in total. The summed E-state index contributed by atoms with van der Waals surface area (Å²) in [6.45, 7) is 8.84. The summed E-state index contributed by atoms with van der Waals surface area (Å²) in [5.74, 6) is 0.555. The van der Waals surface area contributed by atoms with Crippen molar-refractivity contribution in [3.63, 3.8) is 0 Å². The molecule has 0 radical (unpaired) electrons. The molecule has 5 atom stereocenters. The molecule has 0 aromatic carbocycles. The topological polar surface area (TPSA) is 12.5 Å². The van der Waals surface area contributed by atoms with Gasteiger partial charge < -0.3 is 4.74 Å². The van der Waals surface area contributed by atoms with Crippen molar-refractivity contribution in [2.45, 2.75) is 89.7 Å².